The van der Waals surface area contributed by atoms with E-state index in [9.17, 15) is 4.79 Å². The van der Waals surface area contributed by atoms with Gasteiger partial charge >= 0.3 is 0 Å². The highest BCUT2D eigenvalue weighted by molar-refractivity contribution is 5.77. The second kappa shape index (κ2) is 7.92. The molecular formula is C20H23NO4. The van der Waals surface area contributed by atoms with Gasteiger partial charge in [0, 0.05) is 6.54 Å². The Bertz CT molecular complexity index is 725. The maximum absolute atomic E-state index is 11.9. The molecule has 1 heterocycles. The summed E-state index contributed by atoms with van der Waals surface area (Å²) < 4.78 is 16.1. The SMILES string of the molecule is CC(C)c1ccc(OCC(=O)NCCc2ccc3c(c2)OCO3)cc1. The highest BCUT2D eigenvalue weighted by atomic mass is 16.7. The van der Waals surface area contributed by atoms with E-state index in [4.69, 9.17) is 14.2 Å². The molecule has 0 unspecified atom stereocenters. The molecule has 0 atom stereocenters. The quantitative estimate of drug-likeness (QED) is 0.840. The fraction of sp³-hybridized carbons (Fsp3) is 0.350. The minimum Gasteiger partial charge on any atom is -0.484 e. The van der Waals surface area contributed by atoms with Gasteiger partial charge in [0.15, 0.2) is 18.1 Å². The molecule has 1 N–H and O–H groups in total. The first kappa shape index (κ1) is 17.1. The summed E-state index contributed by atoms with van der Waals surface area (Å²) in [5, 5.41) is 2.86. The van der Waals surface area contributed by atoms with Crippen molar-refractivity contribution < 1.29 is 19.0 Å². The van der Waals surface area contributed by atoms with E-state index in [1.54, 1.807) is 0 Å². The Balaban J connectivity index is 1.39. The molecule has 2 aromatic carbocycles. The molecule has 2 aromatic rings. The monoisotopic (exact) mass is 341 g/mol. The van der Waals surface area contributed by atoms with Gasteiger partial charge in [0.2, 0.25) is 6.79 Å². The van der Waals surface area contributed by atoms with Gasteiger partial charge in [-0.3, -0.25) is 4.79 Å². The topological polar surface area (TPSA) is 56.8 Å². The minimum absolute atomic E-state index is 0.0160. The lowest BCUT2D eigenvalue weighted by Crippen LogP contribution is -2.30. The third-order valence-corrected chi connectivity index (χ3v) is 4.09. The van der Waals surface area contributed by atoms with E-state index in [0.717, 1.165) is 23.5 Å². The van der Waals surface area contributed by atoms with E-state index in [-0.39, 0.29) is 19.3 Å². The van der Waals surface area contributed by atoms with E-state index < -0.39 is 0 Å². The van der Waals surface area contributed by atoms with Crippen molar-refractivity contribution in [1.82, 2.24) is 5.32 Å². The van der Waals surface area contributed by atoms with Crippen LogP contribution in [-0.2, 0) is 11.2 Å². The normalized spacial score (nSPS) is 12.3. The van der Waals surface area contributed by atoms with E-state index in [1.165, 1.54) is 5.56 Å². The van der Waals surface area contributed by atoms with E-state index in [1.807, 2.05) is 42.5 Å². The summed E-state index contributed by atoms with van der Waals surface area (Å²) in [5.41, 5.74) is 2.34. The Hall–Kier alpha value is -2.69. The van der Waals surface area contributed by atoms with Crippen LogP contribution >= 0.6 is 0 Å². The first-order valence-corrected chi connectivity index (χ1v) is 8.50. The summed E-state index contributed by atoms with van der Waals surface area (Å²) in [5.74, 6) is 2.58. The number of hydrogen-bond acceptors (Lipinski definition) is 4. The molecule has 0 saturated carbocycles. The molecule has 25 heavy (non-hydrogen) atoms. The van der Waals surface area contributed by atoms with Crippen LogP contribution in [-0.4, -0.2) is 25.9 Å². The number of fused-ring (bicyclic) bond motifs is 1. The third-order valence-electron chi connectivity index (χ3n) is 4.09. The fourth-order valence-corrected chi connectivity index (χ4v) is 2.59. The number of ether oxygens (including phenoxy) is 3. The molecule has 0 fully saturated rings. The van der Waals surface area contributed by atoms with Crippen molar-refractivity contribution in [1.29, 1.82) is 0 Å². The molecule has 1 aliphatic rings. The van der Waals surface area contributed by atoms with Gasteiger partial charge in [-0.2, -0.15) is 0 Å². The highest BCUT2D eigenvalue weighted by Gasteiger charge is 2.13. The second-order valence-electron chi connectivity index (χ2n) is 6.30. The zero-order chi connectivity index (χ0) is 17.6. The van der Waals surface area contributed by atoms with Crippen LogP contribution in [0.2, 0.25) is 0 Å². The van der Waals surface area contributed by atoms with Gasteiger partial charge < -0.3 is 19.5 Å². The number of amides is 1. The number of benzene rings is 2. The molecule has 0 spiro atoms. The predicted molar refractivity (Wildman–Crippen MR) is 95.3 cm³/mol. The summed E-state index contributed by atoms with van der Waals surface area (Å²) in [6, 6.07) is 13.7. The van der Waals surface area contributed by atoms with E-state index in [2.05, 4.69) is 19.2 Å². The Morgan fingerprint density at radius 2 is 1.88 bits per heavy atom. The molecule has 1 amide bonds. The maximum atomic E-state index is 11.9. The molecule has 0 bridgehead atoms. The lowest BCUT2D eigenvalue weighted by molar-refractivity contribution is -0.123. The van der Waals surface area contributed by atoms with Crippen LogP contribution in [0.25, 0.3) is 0 Å². The fourth-order valence-electron chi connectivity index (χ4n) is 2.59. The number of nitrogens with one attached hydrogen (secondary N) is 1. The van der Waals surface area contributed by atoms with E-state index in [0.29, 0.717) is 18.2 Å². The summed E-state index contributed by atoms with van der Waals surface area (Å²) >= 11 is 0. The van der Waals surface area contributed by atoms with Gasteiger partial charge in [0.25, 0.3) is 5.91 Å². The van der Waals surface area contributed by atoms with E-state index >= 15 is 0 Å². The number of hydrogen-bond donors (Lipinski definition) is 1. The summed E-state index contributed by atoms with van der Waals surface area (Å²) in [7, 11) is 0. The molecule has 0 radical (unpaired) electrons. The Morgan fingerprint density at radius 3 is 2.64 bits per heavy atom. The number of carbonyl (C=O) groups excluding carboxylic acids is 1. The van der Waals surface area contributed by atoms with Gasteiger partial charge in [-0.1, -0.05) is 32.0 Å². The molecule has 0 aromatic heterocycles. The van der Waals surface area contributed by atoms with Crippen LogP contribution in [0.4, 0.5) is 0 Å². The molecule has 3 rings (SSSR count). The standard InChI is InChI=1S/C20H23NO4/c1-14(2)16-4-6-17(7-5-16)23-12-20(22)21-10-9-15-3-8-18-19(11-15)25-13-24-18/h3-8,11,14H,9-10,12-13H2,1-2H3,(H,21,22). The van der Waals surface area contributed by atoms with Crippen LogP contribution in [0.1, 0.15) is 30.9 Å². The summed E-state index contributed by atoms with van der Waals surface area (Å²) in [6.07, 6.45) is 0.728. The lowest BCUT2D eigenvalue weighted by atomic mass is 10.0. The first-order chi connectivity index (χ1) is 12.1. The van der Waals surface area contributed by atoms with Crippen LogP contribution in [0, 0.1) is 0 Å². The van der Waals surface area contributed by atoms with Gasteiger partial charge in [-0.05, 0) is 47.7 Å². The van der Waals surface area contributed by atoms with Crippen molar-refractivity contribution in [2.75, 3.05) is 19.9 Å². The van der Waals surface area contributed by atoms with Crippen LogP contribution in [0.3, 0.4) is 0 Å². The second-order valence-corrected chi connectivity index (χ2v) is 6.30. The maximum Gasteiger partial charge on any atom is 0.257 e. The van der Waals surface area contributed by atoms with Crippen LogP contribution < -0.4 is 19.5 Å². The van der Waals surface area contributed by atoms with Crippen LogP contribution in [0.5, 0.6) is 17.2 Å². The van der Waals surface area contributed by atoms with Gasteiger partial charge in [-0.15, -0.1) is 0 Å². The minimum atomic E-state index is -0.131. The van der Waals surface area contributed by atoms with Crippen molar-refractivity contribution in [2.24, 2.45) is 0 Å². The summed E-state index contributed by atoms with van der Waals surface area (Å²) in [6.45, 7) is 5.12. The molecule has 0 saturated heterocycles. The highest BCUT2D eigenvalue weighted by Crippen LogP contribution is 2.32. The van der Waals surface area contributed by atoms with Crippen molar-refractivity contribution >= 4 is 5.91 Å². The Morgan fingerprint density at radius 1 is 1.12 bits per heavy atom. The van der Waals surface area contributed by atoms with Gasteiger partial charge in [-0.25, -0.2) is 0 Å². The smallest absolute Gasteiger partial charge is 0.257 e. The zero-order valence-corrected chi connectivity index (χ0v) is 14.6. The average molecular weight is 341 g/mol. The third kappa shape index (κ3) is 4.66. The molecule has 5 nitrogen and oxygen atoms in total. The number of rotatable bonds is 7. The lowest BCUT2D eigenvalue weighted by Gasteiger charge is -2.09. The van der Waals surface area contributed by atoms with Gasteiger partial charge in [0.1, 0.15) is 5.75 Å². The summed E-state index contributed by atoms with van der Waals surface area (Å²) in [4.78, 5) is 11.9. The predicted octanol–water partition coefficient (Wildman–Crippen LogP) is 3.28. The van der Waals surface area contributed by atoms with Gasteiger partial charge in [0.05, 0.1) is 0 Å². The molecule has 1 aliphatic heterocycles. The van der Waals surface area contributed by atoms with Crippen molar-refractivity contribution in [3.8, 4) is 17.2 Å². The molecular weight excluding hydrogens is 318 g/mol. The molecule has 0 aliphatic carbocycles. The number of carbonyl (C=O) groups is 1. The Labute approximate surface area is 147 Å². The van der Waals surface area contributed by atoms with Crippen molar-refractivity contribution in [3.05, 3.63) is 53.6 Å². The Kier molecular flexibility index (Phi) is 5.43. The first-order valence-electron chi connectivity index (χ1n) is 8.50. The van der Waals surface area contributed by atoms with Crippen LogP contribution in [0.15, 0.2) is 42.5 Å². The average Bonchev–Trinajstić information content (AvgIpc) is 3.08. The molecule has 132 valence electrons. The largest absolute Gasteiger partial charge is 0.484 e. The van der Waals surface area contributed by atoms with Crippen molar-refractivity contribution in [3.63, 3.8) is 0 Å². The zero-order valence-electron chi connectivity index (χ0n) is 14.6. The van der Waals surface area contributed by atoms with Crippen molar-refractivity contribution in [2.45, 2.75) is 26.2 Å². The molecule has 5 heteroatoms.